The van der Waals surface area contributed by atoms with E-state index in [1.54, 1.807) is 0 Å². The summed E-state index contributed by atoms with van der Waals surface area (Å²) in [5.74, 6) is -0.546. The predicted octanol–water partition coefficient (Wildman–Crippen LogP) is 17.3. The van der Waals surface area contributed by atoms with Crippen LogP contribution in [-0.2, 0) is 14.3 Å². The van der Waals surface area contributed by atoms with Gasteiger partial charge in [-0.25, -0.2) is 0 Å². The standard InChI is InChI=1S/C60H107NO5/c1-4-7-10-13-16-19-22-25-28-30-31-33-36-39-42-45-48-51-56(66-60(65)53-50-47-44-41-38-35-27-24-21-18-15-12-9-6-3)54-59(64)61-57(55-62)58(63)52-49-46-43-40-37-34-32-29-26-23-20-17-14-11-8-5-2/h7,10,16,19,25,28,31,33,35,38-39,42,56-58,62-63H,4-6,8-9,11-15,17-18,20-24,26-27,29-30,32,34,36-37,40-41,43-55H2,1-3H3,(H,61,64)/b10-7-,19-16-,28-25-,33-31-,38-35-,42-39-. The highest BCUT2D eigenvalue weighted by Gasteiger charge is 2.24. The number of ether oxygens (including phenoxy) is 1. The summed E-state index contributed by atoms with van der Waals surface area (Å²) in [5.41, 5.74) is 0. The summed E-state index contributed by atoms with van der Waals surface area (Å²) in [4.78, 5) is 26.2. The normalized spacial score (nSPS) is 13.7. The highest BCUT2D eigenvalue weighted by Crippen LogP contribution is 2.17. The van der Waals surface area contributed by atoms with Crippen LogP contribution in [0.5, 0.6) is 0 Å². The Morgan fingerprint density at radius 2 is 0.833 bits per heavy atom. The zero-order valence-electron chi connectivity index (χ0n) is 43.6. The van der Waals surface area contributed by atoms with E-state index in [4.69, 9.17) is 4.74 Å². The molecule has 0 spiro atoms. The second kappa shape index (κ2) is 53.3. The van der Waals surface area contributed by atoms with Crippen LogP contribution in [0, 0.1) is 0 Å². The number of esters is 1. The Kier molecular flexibility index (Phi) is 51.1. The van der Waals surface area contributed by atoms with Crippen molar-refractivity contribution in [2.75, 3.05) is 6.61 Å². The first-order valence-corrected chi connectivity index (χ1v) is 28.2. The highest BCUT2D eigenvalue weighted by molar-refractivity contribution is 5.77. The van der Waals surface area contributed by atoms with Crippen LogP contribution in [0.3, 0.4) is 0 Å². The summed E-state index contributed by atoms with van der Waals surface area (Å²) in [6.07, 6.45) is 68.3. The maximum atomic E-state index is 13.2. The van der Waals surface area contributed by atoms with Gasteiger partial charge in [-0.1, -0.05) is 241 Å². The van der Waals surface area contributed by atoms with Gasteiger partial charge in [0.1, 0.15) is 6.10 Å². The Labute approximate surface area is 409 Å². The van der Waals surface area contributed by atoms with Gasteiger partial charge in [0.05, 0.1) is 25.2 Å². The van der Waals surface area contributed by atoms with Crippen molar-refractivity contribution >= 4 is 11.9 Å². The van der Waals surface area contributed by atoms with E-state index in [0.29, 0.717) is 19.3 Å². The molecule has 0 saturated carbocycles. The number of carbonyl (C=O) groups excluding carboxylic acids is 2. The molecule has 0 aliphatic carbocycles. The van der Waals surface area contributed by atoms with Crippen LogP contribution in [0.15, 0.2) is 72.9 Å². The minimum absolute atomic E-state index is 0.0310. The van der Waals surface area contributed by atoms with Crippen molar-refractivity contribution in [2.24, 2.45) is 0 Å². The number of hydrogen-bond donors (Lipinski definition) is 3. The van der Waals surface area contributed by atoms with Crippen molar-refractivity contribution in [3.63, 3.8) is 0 Å². The number of allylic oxidation sites excluding steroid dienone is 12. The second-order valence-corrected chi connectivity index (χ2v) is 19.0. The molecule has 0 aliphatic rings. The monoisotopic (exact) mass is 922 g/mol. The molecular formula is C60H107NO5. The van der Waals surface area contributed by atoms with Crippen molar-refractivity contribution in [1.82, 2.24) is 5.32 Å². The van der Waals surface area contributed by atoms with Crippen LogP contribution in [0.4, 0.5) is 0 Å². The molecule has 6 heteroatoms. The molecule has 1 amide bonds. The molecule has 6 nitrogen and oxygen atoms in total. The molecular weight excluding hydrogens is 815 g/mol. The molecule has 0 heterocycles. The lowest BCUT2D eigenvalue weighted by Gasteiger charge is -2.24. The molecule has 3 unspecified atom stereocenters. The van der Waals surface area contributed by atoms with Crippen LogP contribution in [0.1, 0.15) is 271 Å². The van der Waals surface area contributed by atoms with E-state index in [-0.39, 0.29) is 24.9 Å². The second-order valence-electron chi connectivity index (χ2n) is 19.0. The van der Waals surface area contributed by atoms with Gasteiger partial charge in [0.15, 0.2) is 0 Å². The summed E-state index contributed by atoms with van der Waals surface area (Å²) in [6, 6.07) is -0.726. The zero-order valence-corrected chi connectivity index (χ0v) is 43.6. The fraction of sp³-hybridized carbons (Fsp3) is 0.767. The van der Waals surface area contributed by atoms with Crippen LogP contribution in [0.2, 0.25) is 0 Å². The summed E-state index contributed by atoms with van der Waals surface area (Å²) < 4.78 is 5.92. The zero-order chi connectivity index (χ0) is 48.1. The average molecular weight is 923 g/mol. The van der Waals surface area contributed by atoms with Gasteiger partial charge in [-0.15, -0.1) is 0 Å². The van der Waals surface area contributed by atoms with E-state index >= 15 is 0 Å². The van der Waals surface area contributed by atoms with Crippen molar-refractivity contribution < 1.29 is 24.5 Å². The van der Waals surface area contributed by atoms with Crippen LogP contribution < -0.4 is 5.32 Å². The van der Waals surface area contributed by atoms with Crippen molar-refractivity contribution in [3.05, 3.63) is 72.9 Å². The van der Waals surface area contributed by atoms with E-state index in [1.807, 2.05) is 0 Å². The fourth-order valence-electron chi connectivity index (χ4n) is 8.28. The Balaban J connectivity index is 4.67. The van der Waals surface area contributed by atoms with Gasteiger partial charge in [-0.05, 0) is 89.9 Å². The van der Waals surface area contributed by atoms with E-state index in [1.165, 1.54) is 128 Å². The summed E-state index contributed by atoms with van der Waals surface area (Å²) in [6.45, 7) is 6.36. The van der Waals surface area contributed by atoms with Gasteiger partial charge in [0.25, 0.3) is 0 Å². The van der Waals surface area contributed by atoms with Crippen LogP contribution >= 0.6 is 0 Å². The number of carbonyl (C=O) groups is 2. The molecule has 0 aliphatic heterocycles. The summed E-state index contributed by atoms with van der Waals surface area (Å²) in [5, 5.41) is 23.9. The van der Waals surface area contributed by atoms with Crippen molar-refractivity contribution in [1.29, 1.82) is 0 Å². The van der Waals surface area contributed by atoms with Gasteiger partial charge in [0.2, 0.25) is 5.91 Å². The predicted molar refractivity (Wildman–Crippen MR) is 287 cm³/mol. The maximum Gasteiger partial charge on any atom is 0.306 e. The first kappa shape index (κ1) is 63.3. The molecule has 0 aromatic rings. The van der Waals surface area contributed by atoms with Gasteiger partial charge >= 0.3 is 5.97 Å². The molecule has 0 aromatic heterocycles. The smallest absolute Gasteiger partial charge is 0.306 e. The van der Waals surface area contributed by atoms with Gasteiger partial charge in [0, 0.05) is 6.42 Å². The molecule has 0 bridgehead atoms. The maximum absolute atomic E-state index is 13.2. The number of nitrogens with one attached hydrogen (secondary N) is 1. The number of rotatable bonds is 50. The van der Waals surface area contributed by atoms with Gasteiger partial charge in [-0.2, -0.15) is 0 Å². The van der Waals surface area contributed by atoms with E-state index in [0.717, 1.165) is 96.3 Å². The Hall–Kier alpha value is -2.70. The molecule has 0 fully saturated rings. The Bertz CT molecular complexity index is 1220. The number of unbranched alkanes of at least 4 members (excludes halogenated alkanes) is 26. The Morgan fingerprint density at radius 3 is 1.29 bits per heavy atom. The third kappa shape index (κ3) is 47.8. The third-order valence-electron chi connectivity index (χ3n) is 12.5. The summed E-state index contributed by atoms with van der Waals surface area (Å²) >= 11 is 0. The number of hydrogen-bond acceptors (Lipinski definition) is 5. The minimum Gasteiger partial charge on any atom is -0.462 e. The molecule has 3 N–H and O–H groups in total. The van der Waals surface area contributed by atoms with E-state index in [2.05, 4.69) is 99.0 Å². The van der Waals surface area contributed by atoms with E-state index in [9.17, 15) is 19.8 Å². The molecule has 0 aromatic carbocycles. The number of aliphatic hydroxyl groups excluding tert-OH is 2. The van der Waals surface area contributed by atoms with Crippen LogP contribution in [-0.4, -0.2) is 46.9 Å². The summed E-state index contributed by atoms with van der Waals surface area (Å²) in [7, 11) is 0. The first-order chi connectivity index (χ1) is 32.5. The lowest BCUT2D eigenvalue weighted by molar-refractivity contribution is -0.151. The molecule has 0 radical (unpaired) electrons. The molecule has 66 heavy (non-hydrogen) atoms. The minimum atomic E-state index is -0.808. The average Bonchev–Trinajstić information content (AvgIpc) is 3.31. The largest absolute Gasteiger partial charge is 0.462 e. The highest BCUT2D eigenvalue weighted by atomic mass is 16.5. The molecule has 3 atom stereocenters. The topological polar surface area (TPSA) is 95.9 Å². The molecule has 0 saturated heterocycles. The number of aliphatic hydroxyl groups is 2. The first-order valence-electron chi connectivity index (χ1n) is 28.2. The third-order valence-corrected chi connectivity index (χ3v) is 12.5. The fourth-order valence-corrected chi connectivity index (χ4v) is 8.28. The lowest BCUT2D eigenvalue weighted by atomic mass is 10.0. The molecule has 382 valence electrons. The lowest BCUT2D eigenvalue weighted by Crippen LogP contribution is -2.46. The van der Waals surface area contributed by atoms with Gasteiger partial charge < -0.3 is 20.3 Å². The quantitative estimate of drug-likeness (QED) is 0.0321. The molecule has 0 rings (SSSR count). The SMILES string of the molecule is CC/C=C\C/C=C\C/C=C\C/C=C\C/C=C\CCCC(CC(=O)NC(CO)C(O)CCCCCCCCCCCCCCCCCC)OC(=O)CCCCC/C=C\CCCCCCCCC. The van der Waals surface area contributed by atoms with Crippen molar-refractivity contribution in [3.8, 4) is 0 Å². The van der Waals surface area contributed by atoms with Gasteiger partial charge in [-0.3, -0.25) is 9.59 Å². The Morgan fingerprint density at radius 1 is 0.455 bits per heavy atom. The van der Waals surface area contributed by atoms with Crippen molar-refractivity contribution in [2.45, 2.75) is 289 Å². The number of amides is 1. The van der Waals surface area contributed by atoms with Crippen LogP contribution in [0.25, 0.3) is 0 Å². The van der Waals surface area contributed by atoms with E-state index < -0.39 is 18.2 Å².